The van der Waals surface area contributed by atoms with Gasteiger partial charge in [-0.2, -0.15) is 0 Å². The quantitative estimate of drug-likeness (QED) is 0.703. The number of aliphatic hydroxyl groups excluding tert-OH is 1. The number of nitrogens with zero attached hydrogens (tertiary/aromatic N) is 2. The van der Waals surface area contributed by atoms with E-state index in [1.54, 1.807) is 17.2 Å². The highest BCUT2D eigenvalue weighted by atomic mass is 16.5. The van der Waals surface area contributed by atoms with E-state index in [2.05, 4.69) is 16.8 Å². The molecule has 1 aromatic rings. The second-order valence-corrected chi connectivity index (χ2v) is 3.79. The Bertz CT molecular complexity index is 484. The first-order valence-electron chi connectivity index (χ1n) is 5.73. The summed E-state index contributed by atoms with van der Waals surface area (Å²) >= 11 is 0. The molecule has 1 fully saturated rings. The standard InChI is InChI=1S/C13H14N2O3/c16-7-1-2-11-10-14-4-3-12(11)13(17)15-5-8-18-9-6-15/h3-4,10,16H,5-9H2. The van der Waals surface area contributed by atoms with Gasteiger partial charge in [0.05, 0.1) is 24.3 Å². The molecule has 0 atom stereocenters. The van der Waals surface area contributed by atoms with E-state index < -0.39 is 0 Å². The van der Waals surface area contributed by atoms with Crippen molar-refractivity contribution in [3.8, 4) is 11.8 Å². The normalized spacial score (nSPS) is 14.8. The van der Waals surface area contributed by atoms with Gasteiger partial charge in [-0.3, -0.25) is 9.78 Å². The fourth-order valence-electron chi connectivity index (χ4n) is 1.75. The lowest BCUT2D eigenvalue weighted by Gasteiger charge is -2.27. The van der Waals surface area contributed by atoms with E-state index >= 15 is 0 Å². The van der Waals surface area contributed by atoms with Gasteiger partial charge in [-0.25, -0.2) is 0 Å². The minimum absolute atomic E-state index is 0.0667. The lowest BCUT2D eigenvalue weighted by molar-refractivity contribution is 0.0302. The third kappa shape index (κ3) is 2.86. The number of carbonyl (C=O) groups excluding carboxylic acids is 1. The molecule has 0 spiro atoms. The van der Waals surface area contributed by atoms with E-state index in [0.717, 1.165) is 0 Å². The molecule has 18 heavy (non-hydrogen) atoms. The van der Waals surface area contributed by atoms with Crippen molar-refractivity contribution >= 4 is 5.91 Å². The van der Waals surface area contributed by atoms with Gasteiger partial charge in [-0.1, -0.05) is 11.8 Å². The third-order valence-electron chi connectivity index (χ3n) is 2.65. The summed E-state index contributed by atoms with van der Waals surface area (Å²) < 4.78 is 5.21. The molecule has 1 amide bonds. The number of rotatable bonds is 1. The summed E-state index contributed by atoms with van der Waals surface area (Å²) in [5, 5.41) is 8.70. The van der Waals surface area contributed by atoms with Crippen LogP contribution in [0.15, 0.2) is 18.5 Å². The SMILES string of the molecule is O=C(c1ccncc1C#CCO)N1CCOCC1. The molecule has 0 radical (unpaired) electrons. The van der Waals surface area contributed by atoms with Crippen LogP contribution in [-0.2, 0) is 4.74 Å². The van der Waals surface area contributed by atoms with E-state index in [9.17, 15) is 4.79 Å². The zero-order valence-corrected chi connectivity index (χ0v) is 9.93. The predicted octanol–water partition coefficient (Wildman–Crippen LogP) is -0.102. The Morgan fingerprint density at radius 3 is 3.00 bits per heavy atom. The van der Waals surface area contributed by atoms with Gasteiger partial charge in [-0.05, 0) is 6.07 Å². The van der Waals surface area contributed by atoms with Gasteiger partial charge in [0.15, 0.2) is 0 Å². The Balaban J connectivity index is 2.23. The number of pyridine rings is 1. The molecule has 0 bridgehead atoms. The molecule has 1 saturated heterocycles. The minimum Gasteiger partial charge on any atom is -0.384 e. The van der Waals surface area contributed by atoms with Crippen LogP contribution in [-0.4, -0.2) is 53.8 Å². The smallest absolute Gasteiger partial charge is 0.255 e. The molecule has 1 aliphatic heterocycles. The van der Waals surface area contributed by atoms with Gasteiger partial charge in [0, 0.05) is 25.5 Å². The van der Waals surface area contributed by atoms with Gasteiger partial charge in [0.25, 0.3) is 5.91 Å². The topological polar surface area (TPSA) is 62.7 Å². The molecule has 0 saturated carbocycles. The third-order valence-corrected chi connectivity index (χ3v) is 2.65. The molecule has 2 rings (SSSR count). The van der Waals surface area contributed by atoms with Crippen LogP contribution >= 0.6 is 0 Å². The molecule has 94 valence electrons. The van der Waals surface area contributed by atoms with Gasteiger partial charge in [-0.15, -0.1) is 0 Å². The minimum atomic E-state index is -0.236. The van der Waals surface area contributed by atoms with Gasteiger partial charge < -0.3 is 14.7 Å². The number of morpholine rings is 1. The Labute approximate surface area is 105 Å². The van der Waals surface area contributed by atoms with Crippen LogP contribution in [0.3, 0.4) is 0 Å². The highest BCUT2D eigenvalue weighted by molar-refractivity contribution is 5.96. The summed E-state index contributed by atoms with van der Waals surface area (Å²) in [4.78, 5) is 18.0. The lowest BCUT2D eigenvalue weighted by Crippen LogP contribution is -2.41. The Morgan fingerprint density at radius 1 is 1.50 bits per heavy atom. The fourth-order valence-corrected chi connectivity index (χ4v) is 1.75. The van der Waals surface area contributed by atoms with Crippen LogP contribution in [0, 0.1) is 11.8 Å². The zero-order valence-electron chi connectivity index (χ0n) is 9.93. The molecule has 1 aromatic heterocycles. The first-order chi connectivity index (χ1) is 8.83. The maximum Gasteiger partial charge on any atom is 0.255 e. The van der Waals surface area contributed by atoms with Crippen LogP contribution in [0.4, 0.5) is 0 Å². The summed E-state index contributed by atoms with van der Waals surface area (Å²) in [5.41, 5.74) is 1.07. The molecular weight excluding hydrogens is 232 g/mol. The average Bonchev–Trinajstić information content (AvgIpc) is 2.45. The molecule has 2 heterocycles. The molecule has 0 unspecified atom stereocenters. The monoisotopic (exact) mass is 246 g/mol. The van der Waals surface area contributed by atoms with Crippen molar-refractivity contribution in [2.45, 2.75) is 0 Å². The van der Waals surface area contributed by atoms with Crippen LogP contribution in [0.25, 0.3) is 0 Å². The van der Waals surface area contributed by atoms with Crippen molar-refractivity contribution < 1.29 is 14.6 Å². The van der Waals surface area contributed by atoms with E-state index in [1.165, 1.54) is 6.20 Å². The number of hydrogen-bond donors (Lipinski definition) is 1. The first kappa shape index (κ1) is 12.6. The molecule has 1 aliphatic rings. The number of aromatic nitrogens is 1. The molecule has 0 aromatic carbocycles. The van der Waals surface area contributed by atoms with E-state index in [-0.39, 0.29) is 12.5 Å². The van der Waals surface area contributed by atoms with Crippen molar-refractivity contribution in [3.05, 3.63) is 29.6 Å². The maximum absolute atomic E-state index is 12.3. The van der Waals surface area contributed by atoms with Crippen LogP contribution in [0.5, 0.6) is 0 Å². The number of ether oxygens (including phenoxy) is 1. The van der Waals surface area contributed by atoms with Gasteiger partial charge >= 0.3 is 0 Å². The number of aliphatic hydroxyl groups is 1. The number of carbonyl (C=O) groups is 1. The van der Waals surface area contributed by atoms with E-state index in [0.29, 0.717) is 37.4 Å². The van der Waals surface area contributed by atoms with Gasteiger partial charge in [0.1, 0.15) is 6.61 Å². The average molecular weight is 246 g/mol. The highest BCUT2D eigenvalue weighted by Crippen LogP contribution is 2.11. The second-order valence-electron chi connectivity index (χ2n) is 3.79. The number of amides is 1. The molecule has 5 nitrogen and oxygen atoms in total. The molecule has 5 heteroatoms. The molecule has 1 N–H and O–H groups in total. The Hall–Kier alpha value is -1.90. The van der Waals surface area contributed by atoms with Gasteiger partial charge in [0.2, 0.25) is 0 Å². The lowest BCUT2D eigenvalue weighted by atomic mass is 10.1. The summed E-state index contributed by atoms with van der Waals surface area (Å²) in [7, 11) is 0. The second kappa shape index (κ2) is 6.15. The van der Waals surface area contributed by atoms with Crippen molar-refractivity contribution in [1.82, 2.24) is 9.88 Å². The maximum atomic E-state index is 12.3. The van der Waals surface area contributed by atoms with Crippen molar-refractivity contribution in [2.24, 2.45) is 0 Å². The van der Waals surface area contributed by atoms with Crippen LogP contribution < -0.4 is 0 Å². The first-order valence-corrected chi connectivity index (χ1v) is 5.73. The highest BCUT2D eigenvalue weighted by Gasteiger charge is 2.20. The summed E-state index contributed by atoms with van der Waals surface area (Å²) in [6.45, 7) is 2.07. The largest absolute Gasteiger partial charge is 0.384 e. The van der Waals surface area contributed by atoms with E-state index in [4.69, 9.17) is 9.84 Å². The van der Waals surface area contributed by atoms with Crippen molar-refractivity contribution in [2.75, 3.05) is 32.9 Å². The fraction of sp³-hybridized carbons (Fsp3) is 0.385. The zero-order chi connectivity index (χ0) is 12.8. The summed E-state index contributed by atoms with van der Waals surface area (Å²) in [6.07, 6.45) is 3.11. The van der Waals surface area contributed by atoms with Crippen LogP contribution in [0.1, 0.15) is 15.9 Å². The van der Waals surface area contributed by atoms with Crippen molar-refractivity contribution in [3.63, 3.8) is 0 Å². The Morgan fingerprint density at radius 2 is 2.28 bits per heavy atom. The molecule has 0 aliphatic carbocycles. The van der Waals surface area contributed by atoms with Crippen LogP contribution in [0.2, 0.25) is 0 Å². The Kier molecular flexibility index (Phi) is 4.29. The summed E-state index contributed by atoms with van der Waals surface area (Å²) in [6, 6.07) is 1.65. The predicted molar refractivity (Wildman–Crippen MR) is 64.9 cm³/mol. The van der Waals surface area contributed by atoms with E-state index in [1.807, 2.05) is 0 Å². The number of hydrogen-bond acceptors (Lipinski definition) is 4. The van der Waals surface area contributed by atoms with Crippen molar-refractivity contribution in [1.29, 1.82) is 0 Å². The molecular formula is C13H14N2O3. The summed E-state index contributed by atoms with van der Waals surface area (Å²) in [5.74, 6) is 5.21.